The van der Waals surface area contributed by atoms with Crippen molar-refractivity contribution in [3.8, 4) is 0 Å². The molecular formula is C13H21N3O2S. The summed E-state index contributed by atoms with van der Waals surface area (Å²) in [7, 11) is 0. The number of carbonyl (C=O) groups is 1. The zero-order valence-electron chi connectivity index (χ0n) is 11.2. The maximum Gasteiger partial charge on any atom is 0.321 e. The number of hydrogen-bond acceptors (Lipinski definition) is 4. The number of hydrogen-bond donors (Lipinski definition) is 3. The minimum atomic E-state index is -0.743. The molecule has 1 aliphatic carbocycles. The molecule has 1 aromatic heterocycles. The van der Waals surface area contributed by atoms with Crippen LogP contribution in [0.25, 0.3) is 0 Å². The maximum absolute atomic E-state index is 11.7. The van der Waals surface area contributed by atoms with Gasteiger partial charge in [-0.2, -0.15) is 0 Å². The molecule has 1 heterocycles. The van der Waals surface area contributed by atoms with Crippen LogP contribution < -0.4 is 10.6 Å². The Bertz CT molecular complexity index is 425. The van der Waals surface area contributed by atoms with Crippen molar-refractivity contribution >= 4 is 22.5 Å². The topological polar surface area (TPSA) is 74.2 Å². The summed E-state index contributed by atoms with van der Waals surface area (Å²) in [6.45, 7) is 2.19. The number of anilines is 1. The molecule has 1 saturated carbocycles. The molecule has 6 heteroatoms. The van der Waals surface area contributed by atoms with E-state index >= 15 is 0 Å². The molecule has 5 nitrogen and oxygen atoms in total. The van der Waals surface area contributed by atoms with Crippen LogP contribution in [0.2, 0.25) is 0 Å². The van der Waals surface area contributed by atoms with Crippen molar-refractivity contribution in [1.82, 2.24) is 10.3 Å². The second kappa shape index (κ2) is 6.34. The van der Waals surface area contributed by atoms with Gasteiger partial charge < -0.3 is 10.4 Å². The fourth-order valence-corrected chi connectivity index (χ4v) is 3.04. The van der Waals surface area contributed by atoms with Crippen LogP contribution >= 0.6 is 11.3 Å². The lowest BCUT2D eigenvalue weighted by molar-refractivity contribution is 0.0281. The molecule has 0 unspecified atom stereocenters. The third-order valence-electron chi connectivity index (χ3n) is 3.45. The lowest BCUT2D eigenvalue weighted by Gasteiger charge is -2.26. The predicted octanol–water partition coefficient (Wildman–Crippen LogP) is 2.66. The number of nitrogens with one attached hydrogen (secondary N) is 2. The Balaban J connectivity index is 1.79. The van der Waals surface area contributed by atoms with E-state index in [9.17, 15) is 9.90 Å². The lowest BCUT2D eigenvalue weighted by atomic mass is 9.95. The number of nitrogens with zero attached hydrogens (tertiary/aromatic N) is 1. The van der Waals surface area contributed by atoms with E-state index in [-0.39, 0.29) is 6.03 Å². The number of aromatic nitrogens is 1. The Morgan fingerprint density at radius 3 is 2.68 bits per heavy atom. The molecule has 0 spiro atoms. The normalized spacial score (nSPS) is 18.6. The molecule has 19 heavy (non-hydrogen) atoms. The smallest absolute Gasteiger partial charge is 0.321 e. The van der Waals surface area contributed by atoms with E-state index in [1.165, 1.54) is 24.2 Å². The average molecular weight is 283 g/mol. The number of amides is 2. The van der Waals surface area contributed by atoms with Gasteiger partial charge in [-0.25, -0.2) is 9.78 Å². The van der Waals surface area contributed by atoms with Crippen LogP contribution in [0, 0.1) is 6.92 Å². The molecule has 2 rings (SSSR count). The van der Waals surface area contributed by atoms with E-state index in [1.54, 1.807) is 0 Å². The first kappa shape index (κ1) is 14.3. The van der Waals surface area contributed by atoms with Crippen LogP contribution in [-0.4, -0.2) is 28.3 Å². The van der Waals surface area contributed by atoms with Gasteiger partial charge in [0.05, 0.1) is 11.3 Å². The van der Waals surface area contributed by atoms with Crippen LogP contribution in [0.4, 0.5) is 9.93 Å². The summed E-state index contributed by atoms with van der Waals surface area (Å²) in [5.74, 6) is 0. The number of carbonyl (C=O) groups excluding carboxylic acids is 1. The highest BCUT2D eigenvalue weighted by molar-refractivity contribution is 7.13. The second-order valence-electron chi connectivity index (χ2n) is 5.24. The first-order valence-corrected chi connectivity index (χ1v) is 7.65. The number of aliphatic hydroxyl groups is 1. The molecule has 0 saturated heterocycles. The number of aryl methyl sites for hydroxylation is 1. The Kier molecular flexibility index (Phi) is 4.76. The predicted molar refractivity (Wildman–Crippen MR) is 76.5 cm³/mol. The molecule has 0 atom stereocenters. The van der Waals surface area contributed by atoms with Crippen LogP contribution in [0.15, 0.2) is 5.38 Å². The highest BCUT2D eigenvalue weighted by atomic mass is 32.1. The molecule has 0 bridgehead atoms. The van der Waals surface area contributed by atoms with E-state index in [0.29, 0.717) is 11.7 Å². The van der Waals surface area contributed by atoms with Gasteiger partial charge in [-0.3, -0.25) is 5.32 Å². The van der Waals surface area contributed by atoms with Gasteiger partial charge in [0.2, 0.25) is 0 Å². The van der Waals surface area contributed by atoms with Gasteiger partial charge in [0.25, 0.3) is 0 Å². The minimum absolute atomic E-state index is 0.299. The standard InChI is InChI=1S/C13H21N3O2S/c1-10-8-19-12(15-10)16-11(17)14-9-13(18)6-4-2-3-5-7-13/h8,18H,2-7,9H2,1H3,(H2,14,15,16,17). The van der Waals surface area contributed by atoms with Crippen molar-refractivity contribution in [3.63, 3.8) is 0 Å². The molecule has 0 radical (unpaired) electrons. The summed E-state index contributed by atoms with van der Waals surface area (Å²) in [5.41, 5.74) is 0.148. The second-order valence-corrected chi connectivity index (χ2v) is 6.10. The maximum atomic E-state index is 11.7. The van der Waals surface area contributed by atoms with E-state index in [2.05, 4.69) is 15.6 Å². The molecular weight excluding hydrogens is 262 g/mol. The van der Waals surface area contributed by atoms with Crippen molar-refractivity contribution in [2.24, 2.45) is 0 Å². The molecule has 0 aromatic carbocycles. The van der Waals surface area contributed by atoms with E-state index in [0.717, 1.165) is 31.4 Å². The zero-order valence-corrected chi connectivity index (χ0v) is 12.1. The summed E-state index contributed by atoms with van der Waals surface area (Å²) in [6.07, 6.45) is 5.95. The summed E-state index contributed by atoms with van der Waals surface area (Å²) in [5, 5.41) is 18.3. The van der Waals surface area contributed by atoms with Crippen molar-refractivity contribution in [1.29, 1.82) is 0 Å². The van der Waals surface area contributed by atoms with Gasteiger partial charge in [0, 0.05) is 11.9 Å². The van der Waals surface area contributed by atoms with Crippen LogP contribution in [-0.2, 0) is 0 Å². The third kappa shape index (κ3) is 4.47. The third-order valence-corrected chi connectivity index (χ3v) is 4.33. The Morgan fingerprint density at radius 1 is 1.42 bits per heavy atom. The highest BCUT2D eigenvalue weighted by Gasteiger charge is 2.28. The Labute approximate surface area is 117 Å². The average Bonchev–Trinajstić information content (AvgIpc) is 2.64. The van der Waals surface area contributed by atoms with Gasteiger partial charge in [0.15, 0.2) is 5.13 Å². The van der Waals surface area contributed by atoms with Gasteiger partial charge in [-0.1, -0.05) is 25.7 Å². The molecule has 2 amide bonds. The fraction of sp³-hybridized carbons (Fsp3) is 0.692. The largest absolute Gasteiger partial charge is 0.388 e. The summed E-state index contributed by atoms with van der Waals surface area (Å²) in [6, 6.07) is -0.299. The van der Waals surface area contributed by atoms with Crippen LogP contribution in [0.1, 0.15) is 44.2 Å². The number of rotatable bonds is 3. The highest BCUT2D eigenvalue weighted by Crippen LogP contribution is 2.26. The van der Waals surface area contributed by atoms with Crippen molar-refractivity contribution in [2.45, 2.75) is 51.0 Å². The summed E-state index contributed by atoms with van der Waals surface area (Å²) in [4.78, 5) is 15.9. The van der Waals surface area contributed by atoms with Crippen LogP contribution in [0.3, 0.4) is 0 Å². The first-order valence-electron chi connectivity index (χ1n) is 6.77. The first-order chi connectivity index (χ1) is 9.07. The number of urea groups is 1. The fourth-order valence-electron chi connectivity index (χ4n) is 2.36. The van der Waals surface area contributed by atoms with Gasteiger partial charge in [-0.15, -0.1) is 11.3 Å². The van der Waals surface area contributed by atoms with Gasteiger partial charge in [0.1, 0.15) is 0 Å². The summed E-state index contributed by atoms with van der Waals surface area (Å²) < 4.78 is 0. The van der Waals surface area contributed by atoms with Crippen molar-refractivity contribution < 1.29 is 9.90 Å². The van der Waals surface area contributed by atoms with Crippen molar-refractivity contribution in [2.75, 3.05) is 11.9 Å². The van der Waals surface area contributed by atoms with Gasteiger partial charge in [-0.05, 0) is 19.8 Å². The summed E-state index contributed by atoms with van der Waals surface area (Å²) >= 11 is 1.40. The minimum Gasteiger partial charge on any atom is -0.388 e. The molecule has 106 valence electrons. The lowest BCUT2D eigenvalue weighted by Crippen LogP contribution is -2.44. The van der Waals surface area contributed by atoms with Crippen LogP contribution in [0.5, 0.6) is 0 Å². The molecule has 1 aliphatic rings. The zero-order chi connectivity index (χ0) is 13.7. The molecule has 1 fully saturated rings. The SMILES string of the molecule is Cc1csc(NC(=O)NCC2(O)CCCCCC2)n1. The van der Waals surface area contributed by atoms with E-state index in [1.807, 2.05) is 12.3 Å². The molecule has 3 N–H and O–H groups in total. The van der Waals surface area contributed by atoms with Gasteiger partial charge >= 0.3 is 6.03 Å². The molecule has 0 aliphatic heterocycles. The van der Waals surface area contributed by atoms with E-state index < -0.39 is 5.60 Å². The monoisotopic (exact) mass is 283 g/mol. The quantitative estimate of drug-likeness (QED) is 0.747. The molecule has 1 aromatic rings. The Hall–Kier alpha value is -1.14. The Morgan fingerprint density at radius 2 is 2.11 bits per heavy atom. The van der Waals surface area contributed by atoms with Crippen molar-refractivity contribution in [3.05, 3.63) is 11.1 Å². The van der Waals surface area contributed by atoms with E-state index in [4.69, 9.17) is 0 Å². The number of thiazole rings is 1.